The van der Waals surface area contributed by atoms with E-state index in [4.69, 9.17) is 9.47 Å². The minimum atomic E-state index is -3.76. The Hall–Kier alpha value is -2.74. The summed E-state index contributed by atoms with van der Waals surface area (Å²) in [6, 6.07) is 10.8. The highest BCUT2D eigenvalue weighted by Gasteiger charge is 2.21. The van der Waals surface area contributed by atoms with E-state index in [0.29, 0.717) is 30.2 Å². The van der Waals surface area contributed by atoms with Crippen LogP contribution in [0.1, 0.15) is 17.3 Å². The van der Waals surface area contributed by atoms with Crippen LogP contribution in [0.2, 0.25) is 0 Å². The van der Waals surface area contributed by atoms with Gasteiger partial charge in [0.25, 0.3) is 10.0 Å². The Balaban J connectivity index is 1.81. The van der Waals surface area contributed by atoms with Crippen molar-refractivity contribution in [2.75, 3.05) is 36.4 Å². The van der Waals surface area contributed by atoms with Gasteiger partial charge in [0.05, 0.1) is 29.3 Å². The van der Waals surface area contributed by atoms with Gasteiger partial charge in [0, 0.05) is 12.7 Å². The molecule has 0 atom stereocenters. The van der Waals surface area contributed by atoms with Crippen LogP contribution in [0.4, 0.5) is 11.4 Å². The topological polar surface area (TPSA) is 84.9 Å². The van der Waals surface area contributed by atoms with Crippen LogP contribution >= 0.6 is 0 Å². The molecule has 0 amide bonds. The van der Waals surface area contributed by atoms with E-state index in [1.54, 1.807) is 19.1 Å². The smallest absolute Gasteiger partial charge is 0.338 e. The maximum atomic E-state index is 12.7. The minimum absolute atomic E-state index is 0.142. The number of anilines is 2. The summed E-state index contributed by atoms with van der Waals surface area (Å²) < 4.78 is 38.3. The van der Waals surface area contributed by atoms with E-state index in [9.17, 15) is 13.2 Å². The molecule has 1 aliphatic rings. The molecule has 7 nitrogen and oxygen atoms in total. The zero-order valence-corrected chi connectivity index (χ0v) is 15.4. The first-order valence-corrected chi connectivity index (χ1v) is 9.67. The first-order chi connectivity index (χ1) is 12.4. The Labute approximate surface area is 152 Å². The van der Waals surface area contributed by atoms with Crippen molar-refractivity contribution in [3.63, 3.8) is 0 Å². The van der Waals surface area contributed by atoms with E-state index in [1.165, 1.54) is 30.3 Å². The molecule has 1 aliphatic heterocycles. The van der Waals surface area contributed by atoms with E-state index in [2.05, 4.69) is 4.72 Å². The molecule has 2 aromatic rings. The van der Waals surface area contributed by atoms with Crippen LogP contribution in [0, 0.1) is 0 Å². The van der Waals surface area contributed by atoms with E-state index in [1.807, 2.05) is 11.9 Å². The van der Waals surface area contributed by atoms with Gasteiger partial charge in [-0.1, -0.05) is 0 Å². The standard InChI is InChI=1S/C18H20N2O5S/c1-3-24-18(21)13-4-6-14(7-5-13)19-26(22,23)15-8-9-17-16(12-15)20(2)10-11-25-17/h4-9,12,19H,3,10-11H2,1-2H3. The maximum absolute atomic E-state index is 12.7. The summed E-state index contributed by atoms with van der Waals surface area (Å²) in [6.45, 7) is 3.27. The molecule has 138 valence electrons. The predicted molar refractivity (Wildman–Crippen MR) is 98.4 cm³/mol. The van der Waals surface area contributed by atoms with E-state index < -0.39 is 16.0 Å². The highest BCUT2D eigenvalue weighted by atomic mass is 32.2. The predicted octanol–water partition coefficient (Wildman–Crippen LogP) is 2.49. The molecule has 0 spiro atoms. The highest BCUT2D eigenvalue weighted by Crippen LogP contribution is 2.33. The van der Waals surface area contributed by atoms with Crippen LogP contribution in [0.25, 0.3) is 0 Å². The Bertz CT molecular complexity index is 910. The van der Waals surface area contributed by atoms with Gasteiger partial charge in [0.15, 0.2) is 0 Å². The summed E-state index contributed by atoms with van der Waals surface area (Å²) in [5.41, 5.74) is 1.46. The second-order valence-corrected chi connectivity index (χ2v) is 7.49. The normalized spacial score (nSPS) is 13.5. The first kappa shape index (κ1) is 18.1. The van der Waals surface area contributed by atoms with Gasteiger partial charge in [-0.05, 0) is 49.4 Å². The molecule has 3 rings (SSSR count). The van der Waals surface area contributed by atoms with Crippen LogP contribution in [0.3, 0.4) is 0 Å². The Kier molecular flexibility index (Phi) is 5.03. The SMILES string of the molecule is CCOC(=O)c1ccc(NS(=O)(=O)c2ccc3c(c2)N(C)CCO3)cc1. The molecule has 0 saturated heterocycles. The molecule has 0 unspecified atom stereocenters. The number of fused-ring (bicyclic) bond motifs is 1. The van der Waals surface area contributed by atoms with Crippen molar-refractivity contribution in [3.05, 3.63) is 48.0 Å². The fourth-order valence-corrected chi connectivity index (χ4v) is 3.68. The average Bonchev–Trinajstić information content (AvgIpc) is 2.62. The Morgan fingerprint density at radius 3 is 2.65 bits per heavy atom. The number of esters is 1. The lowest BCUT2D eigenvalue weighted by Gasteiger charge is -2.28. The second kappa shape index (κ2) is 7.25. The molecule has 0 radical (unpaired) electrons. The molecule has 0 aromatic heterocycles. The fraction of sp³-hybridized carbons (Fsp3) is 0.278. The zero-order valence-electron chi connectivity index (χ0n) is 14.6. The second-order valence-electron chi connectivity index (χ2n) is 5.80. The largest absolute Gasteiger partial charge is 0.490 e. The van der Waals surface area contributed by atoms with Crippen LogP contribution in [-0.2, 0) is 14.8 Å². The Morgan fingerprint density at radius 2 is 1.96 bits per heavy atom. The summed E-state index contributed by atoms with van der Waals surface area (Å²) in [5.74, 6) is 0.219. The van der Waals surface area contributed by atoms with Gasteiger partial charge in [-0.15, -0.1) is 0 Å². The minimum Gasteiger partial charge on any atom is -0.490 e. The number of ether oxygens (including phenoxy) is 2. The molecule has 0 aliphatic carbocycles. The molecule has 0 saturated carbocycles. The van der Waals surface area contributed by atoms with E-state index in [0.717, 1.165) is 5.69 Å². The summed E-state index contributed by atoms with van der Waals surface area (Å²) in [4.78, 5) is 13.7. The summed E-state index contributed by atoms with van der Waals surface area (Å²) >= 11 is 0. The fourth-order valence-electron chi connectivity index (χ4n) is 2.60. The number of carbonyl (C=O) groups is 1. The summed E-state index contributed by atoms with van der Waals surface area (Å²) in [5, 5.41) is 0. The number of rotatable bonds is 5. The van der Waals surface area contributed by atoms with Gasteiger partial charge in [-0.25, -0.2) is 13.2 Å². The van der Waals surface area contributed by atoms with Gasteiger partial charge in [-0.3, -0.25) is 4.72 Å². The van der Waals surface area contributed by atoms with Gasteiger partial charge in [0.1, 0.15) is 12.4 Å². The third-order valence-electron chi connectivity index (χ3n) is 3.98. The quantitative estimate of drug-likeness (QED) is 0.807. The maximum Gasteiger partial charge on any atom is 0.338 e. The van der Waals surface area contributed by atoms with Gasteiger partial charge < -0.3 is 14.4 Å². The molecule has 1 heterocycles. The highest BCUT2D eigenvalue weighted by molar-refractivity contribution is 7.92. The molecule has 1 N–H and O–H groups in total. The number of nitrogens with one attached hydrogen (secondary N) is 1. The molecular formula is C18H20N2O5S. The van der Waals surface area contributed by atoms with Crippen molar-refractivity contribution in [2.45, 2.75) is 11.8 Å². The number of likely N-dealkylation sites (N-methyl/N-ethyl adjacent to an activating group) is 1. The number of hydrogen-bond donors (Lipinski definition) is 1. The van der Waals surface area contributed by atoms with Crippen LogP contribution < -0.4 is 14.4 Å². The van der Waals surface area contributed by atoms with Crippen molar-refractivity contribution in [1.29, 1.82) is 0 Å². The number of sulfonamides is 1. The van der Waals surface area contributed by atoms with Gasteiger partial charge >= 0.3 is 5.97 Å². The average molecular weight is 376 g/mol. The van der Waals surface area contributed by atoms with Gasteiger partial charge in [-0.2, -0.15) is 0 Å². The van der Waals surface area contributed by atoms with Crippen molar-refractivity contribution < 1.29 is 22.7 Å². The number of nitrogens with zero attached hydrogens (tertiary/aromatic N) is 1. The molecule has 0 fully saturated rings. The lowest BCUT2D eigenvalue weighted by Crippen LogP contribution is -2.29. The summed E-state index contributed by atoms with van der Waals surface area (Å²) in [6.07, 6.45) is 0. The molecule has 26 heavy (non-hydrogen) atoms. The van der Waals surface area contributed by atoms with Crippen molar-refractivity contribution >= 4 is 27.4 Å². The number of benzene rings is 2. The van der Waals surface area contributed by atoms with Crippen molar-refractivity contribution in [2.24, 2.45) is 0 Å². The molecular weight excluding hydrogens is 356 g/mol. The van der Waals surface area contributed by atoms with E-state index in [-0.39, 0.29) is 11.5 Å². The third kappa shape index (κ3) is 3.75. The Morgan fingerprint density at radius 1 is 1.23 bits per heavy atom. The van der Waals surface area contributed by atoms with Gasteiger partial charge in [0.2, 0.25) is 0 Å². The molecule has 8 heteroatoms. The monoisotopic (exact) mass is 376 g/mol. The van der Waals surface area contributed by atoms with E-state index >= 15 is 0 Å². The third-order valence-corrected chi connectivity index (χ3v) is 5.36. The van der Waals surface area contributed by atoms with Crippen LogP contribution in [0.15, 0.2) is 47.4 Å². The van der Waals surface area contributed by atoms with Crippen LogP contribution in [0.5, 0.6) is 5.75 Å². The molecule has 0 bridgehead atoms. The van der Waals surface area contributed by atoms with Crippen molar-refractivity contribution in [3.8, 4) is 5.75 Å². The summed E-state index contributed by atoms with van der Waals surface area (Å²) in [7, 11) is -1.87. The number of carbonyl (C=O) groups excluding carboxylic acids is 1. The van der Waals surface area contributed by atoms with Crippen molar-refractivity contribution in [1.82, 2.24) is 0 Å². The first-order valence-electron chi connectivity index (χ1n) is 8.18. The molecule has 2 aromatic carbocycles. The lowest BCUT2D eigenvalue weighted by molar-refractivity contribution is 0.0526. The van der Waals surface area contributed by atoms with Crippen LogP contribution in [-0.4, -0.2) is 41.2 Å². The zero-order chi connectivity index (χ0) is 18.7. The number of hydrogen-bond acceptors (Lipinski definition) is 6. The lowest BCUT2D eigenvalue weighted by atomic mass is 10.2.